The molecule has 2 aromatic rings. The Morgan fingerprint density at radius 1 is 0.958 bits per heavy atom. The van der Waals surface area contributed by atoms with Gasteiger partial charge in [-0.05, 0) is 24.6 Å². The zero-order valence-electron chi connectivity index (χ0n) is 14.3. The molecule has 4 heteroatoms. The first-order chi connectivity index (χ1) is 11.8. The first-order valence-electron chi connectivity index (χ1n) is 8.56. The van der Waals surface area contributed by atoms with Crippen LogP contribution in [0.15, 0.2) is 54.6 Å². The average Bonchev–Trinajstić information content (AvgIpc) is 2.63. The molecule has 2 aromatic carbocycles. The minimum atomic E-state index is 0.0190. The molecule has 0 aliphatic carbocycles. The average molecular weight is 326 g/mol. The smallest absolute Gasteiger partial charge is 0.223 e. The molecule has 24 heavy (non-hydrogen) atoms. The molecule has 0 atom stereocenters. The van der Waals surface area contributed by atoms with Crippen LogP contribution in [0.1, 0.15) is 19.8 Å². The maximum atomic E-state index is 11.8. The van der Waals surface area contributed by atoms with Crippen LogP contribution in [0.4, 0.5) is 0 Å². The second-order valence-electron chi connectivity index (χ2n) is 5.56. The number of para-hydroxylation sites is 1. The van der Waals surface area contributed by atoms with Crippen molar-refractivity contribution in [2.24, 2.45) is 0 Å². The quantitative estimate of drug-likeness (QED) is 0.659. The van der Waals surface area contributed by atoms with Gasteiger partial charge in [-0.2, -0.15) is 0 Å². The molecule has 0 heterocycles. The van der Waals surface area contributed by atoms with Gasteiger partial charge in [-0.3, -0.25) is 4.79 Å². The Kier molecular flexibility index (Phi) is 7.84. The third kappa shape index (κ3) is 6.05. The van der Waals surface area contributed by atoms with Gasteiger partial charge in [0.2, 0.25) is 5.91 Å². The van der Waals surface area contributed by atoms with E-state index in [2.05, 4.69) is 29.7 Å². The minimum Gasteiger partial charge on any atom is -0.492 e. The van der Waals surface area contributed by atoms with E-state index in [1.165, 1.54) is 0 Å². The lowest BCUT2D eigenvalue weighted by atomic mass is 10.1. The first-order valence-corrected chi connectivity index (χ1v) is 8.56. The zero-order valence-corrected chi connectivity index (χ0v) is 14.3. The van der Waals surface area contributed by atoms with Crippen molar-refractivity contribution in [3.8, 4) is 16.9 Å². The molecule has 0 bridgehead atoms. The molecule has 128 valence electrons. The van der Waals surface area contributed by atoms with Gasteiger partial charge in [0.25, 0.3) is 0 Å². The Labute approximate surface area is 144 Å². The Morgan fingerprint density at radius 2 is 1.71 bits per heavy atom. The van der Waals surface area contributed by atoms with Crippen molar-refractivity contribution in [3.63, 3.8) is 0 Å². The van der Waals surface area contributed by atoms with Crippen molar-refractivity contribution in [3.05, 3.63) is 54.6 Å². The van der Waals surface area contributed by atoms with Gasteiger partial charge in [-0.15, -0.1) is 0 Å². The van der Waals surface area contributed by atoms with E-state index in [1.54, 1.807) is 0 Å². The second-order valence-corrected chi connectivity index (χ2v) is 5.56. The molecular weight excluding hydrogens is 300 g/mol. The summed E-state index contributed by atoms with van der Waals surface area (Å²) < 4.78 is 5.83. The molecule has 0 radical (unpaired) electrons. The molecule has 2 N–H and O–H groups in total. The van der Waals surface area contributed by atoms with E-state index in [-0.39, 0.29) is 5.91 Å². The number of rotatable bonds is 10. The van der Waals surface area contributed by atoms with E-state index < -0.39 is 0 Å². The van der Waals surface area contributed by atoms with Crippen LogP contribution in [-0.4, -0.2) is 32.1 Å². The SMILES string of the molecule is CCCNCCNC(=O)CCOc1ccccc1-c1ccccc1. The van der Waals surface area contributed by atoms with Crippen molar-refractivity contribution in [1.82, 2.24) is 10.6 Å². The topological polar surface area (TPSA) is 50.4 Å². The highest BCUT2D eigenvalue weighted by Crippen LogP contribution is 2.29. The highest BCUT2D eigenvalue weighted by Gasteiger charge is 2.06. The van der Waals surface area contributed by atoms with Gasteiger partial charge >= 0.3 is 0 Å². The number of carbonyl (C=O) groups excluding carboxylic acids is 1. The Morgan fingerprint density at radius 3 is 2.50 bits per heavy atom. The molecule has 1 amide bonds. The lowest BCUT2D eigenvalue weighted by Crippen LogP contribution is -2.32. The summed E-state index contributed by atoms with van der Waals surface area (Å²) in [4.78, 5) is 11.8. The Bertz CT molecular complexity index is 614. The van der Waals surface area contributed by atoms with Crippen LogP contribution in [-0.2, 0) is 4.79 Å². The van der Waals surface area contributed by atoms with Crippen LogP contribution in [0.25, 0.3) is 11.1 Å². The van der Waals surface area contributed by atoms with Crippen molar-refractivity contribution in [2.45, 2.75) is 19.8 Å². The molecule has 0 saturated carbocycles. The van der Waals surface area contributed by atoms with Gasteiger partial charge < -0.3 is 15.4 Å². The predicted molar refractivity (Wildman–Crippen MR) is 98.2 cm³/mol. The van der Waals surface area contributed by atoms with E-state index in [1.807, 2.05) is 42.5 Å². The Balaban J connectivity index is 1.78. The molecule has 0 aliphatic rings. The van der Waals surface area contributed by atoms with Gasteiger partial charge in [0.05, 0.1) is 13.0 Å². The number of hydrogen-bond acceptors (Lipinski definition) is 3. The largest absolute Gasteiger partial charge is 0.492 e. The maximum absolute atomic E-state index is 11.8. The summed E-state index contributed by atoms with van der Waals surface area (Å²) in [5, 5.41) is 6.14. The number of ether oxygens (including phenoxy) is 1. The molecular formula is C20H26N2O2. The van der Waals surface area contributed by atoms with Crippen LogP contribution in [0.5, 0.6) is 5.75 Å². The first kappa shape index (κ1) is 18.0. The third-order valence-corrected chi connectivity index (χ3v) is 3.61. The summed E-state index contributed by atoms with van der Waals surface area (Å²) in [5.74, 6) is 0.826. The maximum Gasteiger partial charge on any atom is 0.223 e. The summed E-state index contributed by atoms with van der Waals surface area (Å²) in [7, 11) is 0. The number of amides is 1. The molecule has 0 saturated heterocycles. The lowest BCUT2D eigenvalue weighted by molar-refractivity contribution is -0.121. The summed E-state index contributed by atoms with van der Waals surface area (Å²) in [6.07, 6.45) is 1.46. The monoisotopic (exact) mass is 326 g/mol. The summed E-state index contributed by atoms with van der Waals surface area (Å²) in [5.41, 5.74) is 2.15. The predicted octanol–water partition coefficient (Wildman–Crippen LogP) is 3.24. The fourth-order valence-electron chi connectivity index (χ4n) is 2.38. The molecule has 2 rings (SSSR count). The number of hydrogen-bond donors (Lipinski definition) is 2. The molecule has 4 nitrogen and oxygen atoms in total. The van der Waals surface area contributed by atoms with Gasteiger partial charge in [0.15, 0.2) is 0 Å². The van der Waals surface area contributed by atoms with E-state index in [4.69, 9.17) is 4.74 Å². The van der Waals surface area contributed by atoms with Gasteiger partial charge in [-0.1, -0.05) is 55.5 Å². The molecule has 0 fully saturated rings. The Hall–Kier alpha value is -2.33. The van der Waals surface area contributed by atoms with Crippen LogP contribution >= 0.6 is 0 Å². The molecule has 0 spiro atoms. The molecule has 0 unspecified atom stereocenters. The van der Waals surface area contributed by atoms with E-state index in [0.29, 0.717) is 19.6 Å². The van der Waals surface area contributed by atoms with Crippen LogP contribution in [0.2, 0.25) is 0 Å². The second kappa shape index (κ2) is 10.4. The van der Waals surface area contributed by atoms with Crippen molar-refractivity contribution in [1.29, 1.82) is 0 Å². The lowest BCUT2D eigenvalue weighted by Gasteiger charge is -2.12. The summed E-state index contributed by atoms with van der Waals surface area (Å²) in [6, 6.07) is 18.0. The number of benzene rings is 2. The summed E-state index contributed by atoms with van der Waals surface area (Å²) >= 11 is 0. The van der Waals surface area contributed by atoms with Crippen molar-refractivity contribution >= 4 is 5.91 Å². The third-order valence-electron chi connectivity index (χ3n) is 3.61. The van der Waals surface area contributed by atoms with Crippen molar-refractivity contribution in [2.75, 3.05) is 26.2 Å². The van der Waals surface area contributed by atoms with Gasteiger partial charge in [0.1, 0.15) is 5.75 Å². The standard InChI is InChI=1S/C20H26N2O2/c1-2-13-21-14-15-22-20(23)12-16-24-19-11-7-6-10-18(19)17-8-4-3-5-9-17/h3-11,21H,2,12-16H2,1H3,(H,22,23). The molecule has 0 aliphatic heterocycles. The summed E-state index contributed by atoms with van der Waals surface area (Å²) in [6.45, 7) is 4.93. The van der Waals surface area contributed by atoms with Crippen LogP contribution < -0.4 is 15.4 Å². The fourth-order valence-corrected chi connectivity index (χ4v) is 2.38. The van der Waals surface area contributed by atoms with Crippen LogP contribution in [0.3, 0.4) is 0 Å². The zero-order chi connectivity index (χ0) is 17.0. The van der Waals surface area contributed by atoms with Crippen molar-refractivity contribution < 1.29 is 9.53 Å². The minimum absolute atomic E-state index is 0.0190. The van der Waals surface area contributed by atoms with E-state index >= 15 is 0 Å². The van der Waals surface area contributed by atoms with Crippen LogP contribution in [0, 0.1) is 0 Å². The van der Waals surface area contributed by atoms with E-state index in [0.717, 1.165) is 36.4 Å². The fraction of sp³-hybridized carbons (Fsp3) is 0.350. The molecule has 0 aromatic heterocycles. The van der Waals surface area contributed by atoms with Gasteiger partial charge in [0, 0.05) is 18.7 Å². The highest BCUT2D eigenvalue weighted by molar-refractivity contribution is 5.76. The normalized spacial score (nSPS) is 10.4. The number of nitrogens with one attached hydrogen (secondary N) is 2. The highest BCUT2D eigenvalue weighted by atomic mass is 16.5. The van der Waals surface area contributed by atoms with E-state index in [9.17, 15) is 4.79 Å². The number of carbonyl (C=O) groups is 1. The van der Waals surface area contributed by atoms with Gasteiger partial charge in [-0.25, -0.2) is 0 Å².